The molecule has 0 spiro atoms. The first-order chi connectivity index (χ1) is 22.6. The number of hydrogen-bond acceptors (Lipinski definition) is 10. The minimum absolute atomic E-state index is 0.0353. The summed E-state index contributed by atoms with van der Waals surface area (Å²) in [4.78, 5) is 51.3. The number of imidazole rings is 1. The molecule has 0 aliphatic heterocycles. The molecule has 2 amide bonds. The largest absolute Gasteiger partial charge is 0.425 e. The zero-order valence-corrected chi connectivity index (χ0v) is 25.6. The number of carbonyl (C=O) groups is 2. The second kappa shape index (κ2) is 12.8. The summed E-state index contributed by atoms with van der Waals surface area (Å²) in [7, 11) is -4.32. The SMILES string of the molecule is CC(=O)Nc1nc(OC(=O)N(c2ccccc2)c2ccccc2)c2ncn([C@H]3C=C[C@@H](C([N+](=O)[O-])S(=O)(=O)c4ccccc4)C3)c2n1. The van der Waals surface area contributed by atoms with Crippen LogP contribution in [0, 0.1) is 16.0 Å². The minimum Gasteiger partial charge on any atom is -0.388 e. The third kappa shape index (κ3) is 6.28. The van der Waals surface area contributed by atoms with Crippen LogP contribution in [0.3, 0.4) is 0 Å². The van der Waals surface area contributed by atoms with Gasteiger partial charge in [-0.2, -0.15) is 9.97 Å². The van der Waals surface area contributed by atoms with Crippen LogP contribution in [0.25, 0.3) is 11.2 Å². The topological polar surface area (TPSA) is 180 Å². The molecule has 1 aliphatic carbocycles. The zero-order valence-electron chi connectivity index (χ0n) is 24.8. The van der Waals surface area contributed by atoms with Crippen molar-refractivity contribution in [3.05, 3.63) is 120 Å². The molecule has 1 N–H and O–H groups in total. The molecule has 6 rings (SSSR count). The van der Waals surface area contributed by atoms with E-state index in [1.807, 2.05) is 12.1 Å². The van der Waals surface area contributed by atoms with Crippen LogP contribution in [-0.4, -0.2) is 50.2 Å². The van der Waals surface area contributed by atoms with E-state index in [4.69, 9.17) is 4.74 Å². The normalized spacial score (nSPS) is 16.4. The molecule has 15 heteroatoms. The maximum atomic E-state index is 13.7. The number of allylic oxidation sites excluding steroid dienone is 1. The van der Waals surface area contributed by atoms with Crippen LogP contribution >= 0.6 is 0 Å². The number of nitrogens with zero attached hydrogens (tertiary/aromatic N) is 6. The molecule has 14 nitrogen and oxygen atoms in total. The Labute approximate surface area is 268 Å². The van der Waals surface area contributed by atoms with Crippen molar-refractivity contribution in [1.82, 2.24) is 19.5 Å². The molecule has 2 heterocycles. The Bertz CT molecular complexity index is 2050. The zero-order chi connectivity index (χ0) is 33.1. The second-order valence-electron chi connectivity index (χ2n) is 10.6. The Balaban J connectivity index is 1.34. The molecule has 3 atom stereocenters. The number of sulfone groups is 1. The Morgan fingerprint density at radius 1 is 0.957 bits per heavy atom. The highest BCUT2D eigenvalue weighted by Crippen LogP contribution is 2.37. The van der Waals surface area contributed by atoms with Gasteiger partial charge in [0.1, 0.15) is 0 Å². The molecule has 2 aromatic heterocycles. The summed E-state index contributed by atoms with van der Waals surface area (Å²) < 4.78 is 34.0. The number of aromatic nitrogens is 4. The molecule has 1 aliphatic rings. The highest BCUT2D eigenvalue weighted by molar-refractivity contribution is 7.91. The predicted molar refractivity (Wildman–Crippen MR) is 171 cm³/mol. The van der Waals surface area contributed by atoms with Crippen molar-refractivity contribution in [1.29, 1.82) is 0 Å². The Hall–Kier alpha value is -5.96. The molecule has 1 unspecified atom stereocenters. The summed E-state index contributed by atoms with van der Waals surface area (Å²) in [5.74, 6) is -1.87. The lowest BCUT2D eigenvalue weighted by Crippen LogP contribution is -2.36. The number of fused-ring (bicyclic) bond motifs is 1. The highest BCUT2D eigenvalue weighted by atomic mass is 32.2. The van der Waals surface area contributed by atoms with Crippen molar-refractivity contribution >= 4 is 50.3 Å². The smallest absolute Gasteiger partial charge is 0.388 e. The van der Waals surface area contributed by atoms with Crippen molar-refractivity contribution in [2.75, 3.05) is 10.2 Å². The van der Waals surface area contributed by atoms with Gasteiger partial charge in [0.15, 0.2) is 11.2 Å². The fourth-order valence-corrected chi connectivity index (χ4v) is 7.14. The van der Waals surface area contributed by atoms with Crippen LogP contribution in [-0.2, 0) is 14.6 Å². The van der Waals surface area contributed by atoms with Gasteiger partial charge in [-0.25, -0.2) is 23.1 Å². The quantitative estimate of drug-likeness (QED) is 0.124. The monoisotopic (exact) mass is 653 g/mol. The van der Waals surface area contributed by atoms with Gasteiger partial charge in [-0.05, 0) is 42.8 Å². The number of anilines is 3. The van der Waals surface area contributed by atoms with Crippen molar-refractivity contribution < 1.29 is 27.7 Å². The van der Waals surface area contributed by atoms with Crippen LogP contribution in [0.1, 0.15) is 19.4 Å². The average molecular weight is 654 g/mol. The van der Waals surface area contributed by atoms with Gasteiger partial charge in [-0.3, -0.25) is 20.2 Å². The molecule has 0 saturated heterocycles. The lowest BCUT2D eigenvalue weighted by atomic mass is 10.1. The van der Waals surface area contributed by atoms with Crippen molar-refractivity contribution in [2.24, 2.45) is 5.92 Å². The standard InChI is InChI=1S/C32H27N7O7S/c1-21(40)34-31-35-28-27(29(36-31)46-32(41)38(23-11-5-2-6-12-23)24-13-7-3-8-14-24)33-20-37(28)25-18-17-22(19-25)30(39(42)43)47(44,45)26-15-9-4-10-16-26/h2-18,20,22,25,30H,19H2,1H3,(H,34,35,36,40)/t22-,25+,30?/m1/s1. The van der Waals surface area contributed by atoms with Gasteiger partial charge in [-0.15, -0.1) is 0 Å². The molecule has 3 aromatic carbocycles. The van der Waals surface area contributed by atoms with E-state index in [9.17, 15) is 28.1 Å². The lowest BCUT2D eigenvalue weighted by molar-refractivity contribution is -0.504. The first-order valence-electron chi connectivity index (χ1n) is 14.4. The van der Waals surface area contributed by atoms with Gasteiger partial charge >= 0.3 is 11.5 Å². The van der Waals surface area contributed by atoms with E-state index < -0.39 is 44.1 Å². The summed E-state index contributed by atoms with van der Waals surface area (Å²) in [6.07, 6.45) is 3.75. The van der Waals surface area contributed by atoms with Crippen molar-refractivity contribution in [3.8, 4) is 5.88 Å². The molecule has 0 fully saturated rings. The maximum Gasteiger partial charge on any atom is 0.425 e. The maximum absolute atomic E-state index is 13.7. The second-order valence-corrected chi connectivity index (χ2v) is 12.7. The van der Waals surface area contributed by atoms with Gasteiger partial charge in [0, 0.05) is 11.8 Å². The van der Waals surface area contributed by atoms with Gasteiger partial charge in [0.2, 0.25) is 21.7 Å². The lowest BCUT2D eigenvalue weighted by Gasteiger charge is -2.22. The summed E-state index contributed by atoms with van der Waals surface area (Å²) in [6, 6.07) is 24.3. The summed E-state index contributed by atoms with van der Waals surface area (Å²) in [5.41, 5.74) is 1.27. The fraction of sp³-hybridized carbons (Fsp3) is 0.156. The van der Waals surface area contributed by atoms with E-state index in [1.54, 1.807) is 65.2 Å². The minimum atomic E-state index is -4.32. The summed E-state index contributed by atoms with van der Waals surface area (Å²) in [5, 5.41) is 12.7. The van der Waals surface area contributed by atoms with Crippen LogP contribution in [0.2, 0.25) is 0 Å². The Morgan fingerprint density at radius 2 is 1.55 bits per heavy atom. The van der Waals surface area contributed by atoms with Crippen LogP contribution in [0.15, 0.2) is 114 Å². The average Bonchev–Trinajstić information content (AvgIpc) is 3.70. The van der Waals surface area contributed by atoms with Gasteiger partial charge < -0.3 is 9.30 Å². The van der Waals surface area contributed by atoms with E-state index in [0.29, 0.717) is 11.4 Å². The number of amides is 2. The number of carbonyl (C=O) groups excluding carboxylic acids is 2. The molecule has 238 valence electrons. The van der Waals surface area contributed by atoms with E-state index in [2.05, 4.69) is 20.3 Å². The Morgan fingerprint density at radius 3 is 2.13 bits per heavy atom. The van der Waals surface area contributed by atoms with Crippen LogP contribution in [0.5, 0.6) is 5.88 Å². The van der Waals surface area contributed by atoms with Crippen molar-refractivity contribution in [2.45, 2.75) is 29.7 Å². The Kier molecular flexibility index (Phi) is 8.46. The number of hydrogen-bond donors (Lipinski definition) is 1. The molecule has 47 heavy (non-hydrogen) atoms. The van der Waals surface area contributed by atoms with Gasteiger partial charge in [-0.1, -0.05) is 66.7 Å². The summed E-state index contributed by atoms with van der Waals surface area (Å²) >= 11 is 0. The molecule has 5 aromatic rings. The number of nitro groups is 1. The molecule has 0 bridgehead atoms. The van der Waals surface area contributed by atoms with Gasteiger partial charge in [0.05, 0.1) is 34.6 Å². The molecular formula is C32H27N7O7S. The van der Waals surface area contributed by atoms with Crippen molar-refractivity contribution in [3.63, 3.8) is 0 Å². The van der Waals surface area contributed by atoms with E-state index in [1.165, 1.54) is 48.5 Å². The van der Waals surface area contributed by atoms with Crippen LogP contribution in [0.4, 0.5) is 22.1 Å². The third-order valence-corrected chi connectivity index (χ3v) is 9.57. The predicted octanol–water partition coefficient (Wildman–Crippen LogP) is 5.32. The van der Waals surface area contributed by atoms with E-state index in [-0.39, 0.29) is 34.3 Å². The molecule has 0 saturated carbocycles. The van der Waals surface area contributed by atoms with Gasteiger partial charge in [0.25, 0.3) is 5.88 Å². The summed E-state index contributed by atoms with van der Waals surface area (Å²) in [6.45, 7) is 1.26. The fourth-order valence-electron chi connectivity index (χ4n) is 5.43. The molecule has 0 radical (unpaired) electrons. The number of ether oxygens (including phenoxy) is 1. The number of rotatable bonds is 9. The third-order valence-electron chi connectivity index (χ3n) is 7.49. The first-order valence-corrected chi connectivity index (χ1v) is 15.9. The number of para-hydroxylation sites is 2. The van der Waals surface area contributed by atoms with E-state index >= 15 is 0 Å². The van der Waals surface area contributed by atoms with E-state index in [0.717, 1.165) is 0 Å². The first kappa shape index (κ1) is 31.0. The number of benzene rings is 3. The van der Waals surface area contributed by atoms with Crippen LogP contribution < -0.4 is 15.0 Å². The number of nitrogens with one attached hydrogen (secondary N) is 1. The molecular weight excluding hydrogens is 626 g/mol. The highest BCUT2D eigenvalue weighted by Gasteiger charge is 2.46.